The Morgan fingerprint density at radius 3 is 2.60 bits per heavy atom. The lowest BCUT2D eigenvalue weighted by Crippen LogP contribution is -2.30. The normalized spacial score (nSPS) is 15.3. The van der Waals surface area contributed by atoms with E-state index in [0.717, 1.165) is 17.2 Å². The van der Waals surface area contributed by atoms with Crippen LogP contribution in [0.25, 0.3) is 0 Å². The first kappa shape index (κ1) is 17.7. The molecule has 0 saturated heterocycles. The second kappa shape index (κ2) is 7.40. The molecule has 0 bridgehead atoms. The Labute approximate surface area is 149 Å². The molecule has 0 spiro atoms. The molecule has 1 fully saturated rings. The molecule has 5 heteroatoms. The second-order valence-corrected chi connectivity index (χ2v) is 7.33. The van der Waals surface area contributed by atoms with Crippen molar-refractivity contribution in [2.45, 2.75) is 52.5 Å². The van der Waals surface area contributed by atoms with E-state index in [2.05, 4.69) is 60.4 Å². The van der Waals surface area contributed by atoms with Crippen LogP contribution in [0.3, 0.4) is 0 Å². The van der Waals surface area contributed by atoms with Crippen molar-refractivity contribution in [2.75, 3.05) is 17.2 Å². The van der Waals surface area contributed by atoms with E-state index in [4.69, 9.17) is 0 Å². The average Bonchev–Trinajstić information content (AvgIpc) is 3.41. The Kier molecular flexibility index (Phi) is 5.23. The molecule has 2 aromatic rings. The van der Waals surface area contributed by atoms with Crippen molar-refractivity contribution in [3.05, 3.63) is 41.1 Å². The largest absolute Gasteiger partial charge is 0.394 e. The van der Waals surface area contributed by atoms with E-state index in [-0.39, 0.29) is 12.6 Å². The molecule has 1 saturated carbocycles. The summed E-state index contributed by atoms with van der Waals surface area (Å²) >= 11 is 0. The van der Waals surface area contributed by atoms with Crippen molar-refractivity contribution in [3.8, 4) is 0 Å². The molecular weight excluding hydrogens is 312 g/mol. The predicted molar refractivity (Wildman–Crippen MR) is 103 cm³/mol. The van der Waals surface area contributed by atoms with E-state index in [0.29, 0.717) is 17.8 Å². The number of anilines is 3. The minimum absolute atomic E-state index is 0.0528. The van der Waals surface area contributed by atoms with Crippen LogP contribution >= 0.6 is 0 Å². The summed E-state index contributed by atoms with van der Waals surface area (Å²) in [6.45, 7) is 8.44. The van der Waals surface area contributed by atoms with Crippen molar-refractivity contribution < 1.29 is 5.11 Å². The molecule has 1 heterocycles. The van der Waals surface area contributed by atoms with Crippen LogP contribution in [0.15, 0.2) is 24.3 Å². The Balaban J connectivity index is 1.89. The van der Waals surface area contributed by atoms with E-state index >= 15 is 0 Å². The molecule has 0 unspecified atom stereocenters. The zero-order valence-electron chi connectivity index (χ0n) is 15.5. The lowest BCUT2D eigenvalue weighted by atomic mass is 10.1. The van der Waals surface area contributed by atoms with Crippen LogP contribution in [0.2, 0.25) is 0 Å². The van der Waals surface area contributed by atoms with Gasteiger partial charge < -0.3 is 15.7 Å². The first-order chi connectivity index (χ1) is 12.0. The van der Waals surface area contributed by atoms with Crippen molar-refractivity contribution in [1.29, 1.82) is 0 Å². The quantitative estimate of drug-likeness (QED) is 0.706. The first-order valence-corrected chi connectivity index (χ1v) is 9.07. The molecule has 1 aliphatic rings. The smallest absolute Gasteiger partial charge is 0.225 e. The maximum atomic E-state index is 9.59. The Morgan fingerprint density at radius 1 is 1.20 bits per heavy atom. The van der Waals surface area contributed by atoms with E-state index in [1.165, 1.54) is 24.0 Å². The van der Waals surface area contributed by atoms with Crippen molar-refractivity contribution >= 4 is 17.5 Å². The lowest BCUT2D eigenvalue weighted by molar-refractivity contribution is 0.248. The minimum atomic E-state index is -0.0528. The molecule has 134 valence electrons. The fraction of sp³-hybridized carbons (Fsp3) is 0.500. The van der Waals surface area contributed by atoms with Gasteiger partial charge in [-0.1, -0.05) is 26.0 Å². The summed E-state index contributed by atoms with van der Waals surface area (Å²) < 4.78 is 0. The molecule has 0 aliphatic heterocycles. The Bertz CT molecular complexity index is 740. The number of nitrogens with zero attached hydrogens (tertiary/aromatic N) is 2. The van der Waals surface area contributed by atoms with Crippen molar-refractivity contribution in [1.82, 2.24) is 9.97 Å². The van der Waals surface area contributed by atoms with Crippen LogP contribution in [0.5, 0.6) is 0 Å². The topological polar surface area (TPSA) is 70.1 Å². The summed E-state index contributed by atoms with van der Waals surface area (Å²) in [7, 11) is 0. The first-order valence-electron chi connectivity index (χ1n) is 9.07. The van der Waals surface area contributed by atoms with Crippen LogP contribution in [0.1, 0.15) is 49.4 Å². The van der Waals surface area contributed by atoms with Gasteiger partial charge in [0.2, 0.25) is 5.95 Å². The number of nitrogens with one attached hydrogen (secondary N) is 2. The Morgan fingerprint density at radius 2 is 1.96 bits per heavy atom. The van der Waals surface area contributed by atoms with Crippen LogP contribution in [0, 0.1) is 19.8 Å². The molecule has 1 aromatic heterocycles. The highest BCUT2D eigenvalue weighted by atomic mass is 16.3. The number of aromatic nitrogens is 2. The van der Waals surface area contributed by atoms with E-state index in [1.807, 2.05) is 12.1 Å². The highest BCUT2D eigenvalue weighted by Crippen LogP contribution is 2.40. The molecule has 1 atom stereocenters. The third-order valence-corrected chi connectivity index (χ3v) is 4.92. The maximum absolute atomic E-state index is 9.59. The van der Waals surface area contributed by atoms with E-state index in [9.17, 15) is 5.11 Å². The number of aliphatic hydroxyl groups is 1. The summed E-state index contributed by atoms with van der Waals surface area (Å²) in [5.74, 6) is 2.22. The molecule has 3 rings (SSSR count). The molecule has 0 radical (unpaired) electrons. The van der Waals surface area contributed by atoms with Gasteiger partial charge in [-0.2, -0.15) is 4.98 Å². The van der Waals surface area contributed by atoms with Gasteiger partial charge in [0.05, 0.1) is 18.3 Å². The predicted octanol–water partition coefficient (Wildman–Crippen LogP) is 4.14. The molecular formula is C20H28N4O. The second-order valence-electron chi connectivity index (χ2n) is 7.33. The summed E-state index contributed by atoms with van der Waals surface area (Å²) in [4.78, 5) is 9.31. The highest BCUT2D eigenvalue weighted by Gasteiger charge is 2.26. The van der Waals surface area contributed by atoms with Crippen molar-refractivity contribution in [3.63, 3.8) is 0 Å². The fourth-order valence-electron chi connectivity index (χ4n) is 2.80. The molecule has 5 nitrogen and oxygen atoms in total. The number of rotatable bonds is 7. The van der Waals surface area contributed by atoms with E-state index in [1.54, 1.807) is 0 Å². The summed E-state index contributed by atoms with van der Waals surface area (Å²) in [5, 5.41) is 16.3. The SMILES string of the molecule is Cc1cccc(Nc2cc(C3CC3)nc(N[C@H](CO)C(C)C)n2)c1C. The van der Waals surface area contributed by atoms with Crippen LogP contribution in [0.4, 0.5) is 17.5 Å². The third-order valence-electron chi connectivity index (χ3n) is 4.92. The van der Waals surface area contributed by atoms with Gasteiger partial charge in [0.25, 0.3) is 0 Å². The number of hydrogen-bond donors (Lipinski definition) is 3. The standard InChI is InChI=1S/C20H28N4O/c1-12(2)18(11-25)23-20-22-17(15-8-9-15)10-19(24-20)21-16-7-5-6-13(3)14(16)4/h5-7,10,12,15,18,25H,8-9,11H2,1-4H3,(H2,21,22,23,24)/t18-/m1/s1. The van der Waals surface area contributed by atoms with Gasteiger partial charge >= 0.3 is 0 Å². The third kappa shape index (κ3) is 4.28. The molecule has 0 amide bonds. The lowest BCUT2D eigenvalue weighted by Gasteiger charge is -2.21. The van der Waals surface area contributed by atoms with Crippen LogP contribution in [-0.2, 0) is 0 Å². The van der Waals surface area contributed by atoms with Gasteiger partial charge in [0.1, 0.15) is 5.82 Å². The minimum Gasteiger partial charge on any atom is -0.394 e. The number of hydrogen-bond acceptors (Lipinski definition) is 5. The van der Waals surface area contributed by atoms with Gasteiger partial charge in [-0.25, -0.2) is 4.98 Å². The number of aryl methyl sites for hydroxylation is 1. The number of benzene rings is 1. The highest BCUT2D eigenvalue weighted by molar-refractivity contribution is 5.63. The Hall–Kier alpha value is -2.14. The maximum Gasteiger partial charge on any atom is 0.225 e. The fourth-order valence-corrected chi connectivity index (χ4v) is 2.80. The summed E-state index contributed by atoms with van der Waals surface area (Å²) in [6, 6.07) is 8.22. The molecule has 25 heavy (non-hydrogen) atoms. The average molecular weight is 340 g/mol. The molecule has 3 N–H and O–H groups in total. The summed E-state index contributed by atoms with van der Waals surface area (Å²) in [5.41, 5.74) is 4.61. The summed E-state index contributed by atoms with van der Waals surface area (Å²) in [6.07, 6.45) is 2.37. The van der Waals surface area contributed by atoms with Crippen LogP contribution < -0.4 is 10.6 Å². The van der Waals surface area contributed by atoms with Gasteiger partial charge in [-0.3, -0.25) is 0 Å². The van der Waals surface area contributed by atoms with Gasteiger partial charge in [-0.15, -0.1) is 0 Å². The monoisotopic (exact) mass is 340 g/mol. The van der Waals surface area contributed by atoms with E-state index < -0.39 is 0 Å². The van der Waals surface area contributed by atoms with Crippen LogP contribution in [-0.4, -0.2) is 27.7 Å². The van der Waals surface area contributed by atoms with Gasteiger partial charge in [-0.05, 0) is 49.8 Å². The number of aliphatic hydroxyl groups excluding tert-OH is 1. The molecule has 1 aliphatic carbocycles. The van der Waals surface area contributed by atoms with Gasteiger partial charge in [0.15, 0.2) is 0 Å². The van der Waals surface area contributed by atoms with Gasteiger partial charge in [0, 0.05) is 17.7 Å². The zero-order chi connectivity index (χ0) is 18.0. The van der Waals surface area contributed by atoms with Crippen molar-refractivity contribution in [2.24, 2.45) is 5.92 Å². The zero-order valence-corrected chi connectivity index (χ0v) is 15.5. The molecule has 1 aromatic carbocycles.